The van der Waals surface area contributed by atoms with Crippen LogP contribution in [0.2, 0.25) is 5.02 Å². The van der Waals surface area contributed by atoms with E-state index in [0.717, 1.165) is 42.0 Å². The Morgan fingerprint density at radius 1 is 1.28 bits per heavy atom. The van der Waals surface area contributed by atoms with Crippen molar-refractivity contribution in [1.82, 2.24) is 19.5 Å². The molecular weight excluding hydrogens is 426 g/mol. The van der Waals surface area contributed by atoms with E-state index in [2.05, 4.69) is 11.0 Å². The lowest BCUT2D eigenvalue weighted by atomic mass is 9.98. The Kier molecular flexibility index (Phi) is 5.14. The molecule has 8 nitrogen and oxygen atoms in total. The van der Waals surface area contributed by atoms with E-state index in [1.165, 1.54) is 0 Å². The maximum Gasteiger partial charge on any atom is 0.256 e. The van der Waals surface area contributed by atoms with Gasteiger partial charge in [0.05, 0.1) is 29.3 Å². The van der Waals surface area contributed by atoms with Gasteiger partial charge in [0.1, 0.15) is 5.82 Å². The average molecular weight is 450 g/mol. The van der Waals surface area contributed by atoms with E-state index < -0.39 is 0 Å². The highest BCUT2D eigenvalue weighted by molar-refractivity contribution is 6.31. The van der Waals surface area contributed by atoms with Crippen LogP contribution in [0.5, 0.6) is 0 Å². The molecule has 2 aromatic heterocycles. The second-order valence-electron chi connectivity index (χ2n) is 8.59. The molecule has 0 bridgehead atoms. The summed E-state index contributed by atoms with van der Waals surface area (Å²) in [7, 11) is 0. The van der Waals surface area contributed by atoms with Crippen molar-refractivity contribution in [3.05, 3.63) is 52.3 Å². The molecule has 9 heteroatoms. The summed E-state index contributed by atoms with van der Waals surface area (Å²) in [6.07, 6.45) is 4.75. The number of likely N-dealkylation sites (tertiary alicyclic amines) is 1. The van der Waals surface area contributed by atoms with Crippen molar-refractivity contribution in [2.45, 2.75) is 32.2 Å². The number of nitrogens with two attached hydrogens (primary N) is 1. The van der Waals surface area contributed by atoms with Crippen LogP contribution >= 0.6 is 11.6 Å². The summed E-state index contributed by atoms with van der Waals surface area (Å²) in [6, 6.07) is 9.10. The van der Waals surface area contributed by atoms with Gasteiger partial charge in [-0.1, -0.05) is 11.6 Å². The highest BCUT2D eigenvalue weighted by Crippen LogP contribution is 2.34. The van der Waals surface area contributed by atoms with Gasteiger partial charge in [-0.2, -0.15) is 10.4 Å². The number of fused-ring (bicyclic) bond motifs is 1. The molecule has 2 N–H and O–H groups in total. The standard InChI is InChI=1S/C23H24ClN7O/c1-14-11-31-21(27-22(14)29-12-15(10-25)13-29)9-19(28-31)20-4-2-3-7-30(20)23(32)17-8-16(24)5-6-18(17)26/h5-6,8-9,11,15,20H,2-4,7,12-13,26H2,1H3. The van der Waals surface area contributed by atoms with Crippen LogP contribution in [-0.4, -0.2) is 45.0 Å². The number of carbonyl (C=O) groups is 1. The molecule has 1 atom stereocenters. The monoisotopic (exact) mass is 449 g/mol. The third kappa shape index (κ3) is 3.53. The molecule has 0 spiro atoms. The van der Waals surface area contributed by atoms with Crippen LogP contribution in [0.4, 0.5) is 11.5 Å². The summed E-state index contributed by atoms with van der Waals surface area (Å²) < 4.78 is 1.78. The molecule has 2 saturated heterocycles. The molecule has 4 heterocycles. The number of nitrogens with zero attached hydrogens (tertiary/aromatic N) is 6. The van der Waals surface area contributed by atoms with E-state index >= 15 is 0 Å². The van der Waals surface area contributed by atoms with Crippen LogP contribution in [0.25, 0.3) is 5.65 Å². The number of aromatic nitrogens is 3. The zero-order valence-electron chi connectivity index (χ0n) is 17.8. The number of nitriles is 1. The molecule has 2 aliphatic rings. The van der Waals surface area contributed by atoms with Gasteiger partial charge < -0.3 is 15.5 Å². The predicted molar refractivity (Wildman–Crippen MR) is 123 cm³/mol. The maximum absolute atomic E-state index is 13.4. The minimum absolute atomic E-state index is 0.0635. The quantitative estimate of drug-likeness (QED) is 0.612. The smallest absolute Gasteiger partial charge is 0.256 e. The molecule has 0 aliphatic carbocycles. The highest BCUT2D eigenvalue weighted by atomic mass is 35.5. The lowest BCUT2D eigenvalue weighted by Gasteiger charge is -2.37. The van der Waals surface area contributed by atoms with Gasteiger partial charge in [0.25, 0.3) is 5.91 Å². The van der Waals surface area contributed by atoms with Gasteiger partial charge in [0.2, 0.25) is 0 Å². The van der Waals surface area contributed by atoms with Crippen LogP contribution in [0.15, 0.2) is 30.5 Å². The predicted octanol–water partition coefficient (Wildman–Crippen LogP) is 3.60. The Bertz CT molecular complexity index is 1240. The number of benzene rings is 1. The maximum atomic E-state index is 13.4. The molecule has 3 aromatic rings. The fourth-order valence-corrected chi connectivity index (χ4v) is 4.76. The molecule has 5 rings (SSSR count). The number of rotatable bonds is 3. The van der Waals surface area contributed by atoms with Gasteiger partial charge in [0.15, 0.2) is 5.65 Å². The summed E-state index contributed by atoms with van der Waals surface area (Å²) in [4.78, 5) is 22.2. The van der Waals surface area contributed by atoms with Crippen molar-refractivity contribution in [3.8, 4) is 6.07 Å². The Balaban J connectivity index is 1.47. The van der Waals surface area contributed by atoms with Gasteiger partial charge in [-0.15, -0.1) is 0 Å². The molecule has 0 saturated carbocycles. The van der Waals surface area contributed by atoms with E-state index in [4.69, 9.17) is 32.7 Å². The topological polar surface area (TPSA) is 104 Å². The summed E-state index contributed by atoms with van der Waals surface area (Å²) in [5, 5.41) is 14.3. The van der Waals surface area contributed by atoms with E-state index in [-0.39, 0.29) is 17.9 Å². The second kappa shape index (κ2) is 7.99. The van der Waals surface area contributed by atoms with Crippen LogP contribution < -0.4 is 10.6 Å². The van der Waals surface area contributed by atoms with Crippen molar-refractivity contribution >= 4 is 34.7 Å². The van der Waals surface area contributed by atoms with Crippen molar-refractivity contribution < 1.29 is 4.79 Å². The van der Waals surface area contributed by atoms with Crippen LogP contribution in [-0.2, 0) is 0 Å². The molecule has 2 aliphatic heterocycles. The van der Waals surface area contributed by atoms with E-state index in [0.29, 0.717) is 35.9 Å². The highest BCUT2D eigenvalue weighted by Gasteiger charge is 2.32. The zero-order valence-corrected chi connectivity index (χ0v) is 18.6. The molecule has 1 unspecified atom stereocenters. The number of halogens is 1. The van der Waals surface area contributed by atoms with Crippen LogP contribution in [0.1, 0.15) is 46.9 Å². The summed E-state index contributed by atoms with van der Waals surface area (Å²) >= 11 is 6.12. The number of hydrogen-bond donors (Lipinski definition) is 1. The van der Waals surface area contributed by atoms with Crippen molar-refractivity contribution in [2.24, 2.45) is 5.92 Å². The Morgan fingerprint density at radius 3 is 2.88 bits per heavy atom. The van der Waals surface area contributed by atoms with Crippen molar-refractivity contribution in [3.63, 3.8) is 0 Å². The number of carbonyl (C=O) groups excluding carboxylic acids is 1. The first-order valence-electron chi connectivity index (χ1n) is 10.8. The van der Waals surface area contributed by atoms with Gasteiger partial charge >= 0.3 is 0 Å². The van der Waals surface area contributed by atoms with E-state index in [1.807, 2.05) is 24.1 Å². The number of piperidine rings is 1. The molecule has 1 amide bonds. The molecule has 0 radical (unpaired) electrons. The summed E-state index contributed by atoms with van der Waals surface area (Å²) in [5.41, 5.74) is 9.49. The minimum atomic E-state index is -0.146. The lowest BCUT2D eigenvalue weighted by Crippen LogP contribution is -2.46. The molecule has 2 fully saturated rings. The Labute approximate surface area is 191 Å². The first-order valence-corrected chi connectivity index (χ1v) is 11.2. The lowest BCUT2D eigenvalue weighted by molar-refractivity contribution is 0.0607. The Morgan fingerprint density at radius 2 is 2.09 bits per heavy atom. The van der Waals surface area contributed by atoms with E-state index in [9.17, 15) is 4.79 Å². The van der Waals surface area contributed by atoms with Crippen LogP contribution in [0.3, 0.4) is 0 Å². The van der Waals surface area contributed by atoms with Crippen LogP contribution in [0, 0.1) is 24.2 Å². The first-order chi connectivity index (χ1) is 15.4. The Hall–Kier alpha value is -3.31. The SMILES string of the molecule is Cc1cn2nc(C3CCCCN3C(=O)c3cc(Cl)ccc3N)cc2nc1N1CC(C#N)C1. The van der Waals surface area contributed by atoms with Crippen molar-refractivity contribution in [2.75, 3.05) is 30.3 Å². The number of hydrogen-bond acceptors (Lipinski definition) is 6. The number of nitrogen functional groups attached to an aromatic ring is 1. The van der Waals surface area contributed by atoms with Gasteiger partial charge in [-0.25, -0.2) is 9.50 Å². The van der Waals surface area contributed by atoms with E-state index in [1.54, 1.807) is 22.7 Å². The second-order valence-corrected chi connectivity index (χ2v) is 9.03. The molecular formula is C23H24ClN7O. The zero-order chi connectivity index (χ0) is 22.4. The third-order valence-electron chi connectivity index (χ3n) is 6.34. The minimum Gasteiger partial charge on any atom is -0.398 e. The van der Waals surface area contributed by atoms with Crippen molar-refractivity contribution in [1.29, 1.82) is 5.26 Å². The third-order valence-corrected chi connectivity index (χ3v) is 6.57. The average Bonchev–Trinajstić information content (AvgIpc) is 3.17. The number of aryl methyl sites for hydroxylation is 1. The summed E-state index contributed by atoms with van der Waals surface area (Å²) in [5.74, 6) is 0.826. The molecule has 164 valence electrons. The summed E-state index contributed by atoms with van der Waals surface area (Å²) in [6.45, 7) is 4.05. The fourth-order valence-electron chi connectivity index (χ4n) is 4.59. The van der Waals surface area contributed by atoms with Gasteiger partial charge in [-0.3, -0.25) is 4.79 Å². The van der Waals surface area contributed by atoms with Gasteiger partial charge in [0, 0.05) is 48.2 Å². The normalized spacial score (nSPS) is 19.1. The molecule has 32 heavy (non-hydrogen) atoms. The first kappa shape index (κ1) is 20.6. The van der Waals surface area contributed by atoms with Gasteiger partial charge in [-0.05, 0) is 44.4 Å². The number of anilines is 2. The fraction of sp³-hybridized carbons (Fsp3) is 0.391. The number of amides is 1. The molecule has 1 aromatic carbocycles. The largest absolute Gasteiger partial charge is 0.398 e.